The number of pyridine rings is 1. The lowest BCUT2D eigenvalue weighted by molar-refractivity contribution is 0.0696. The smallest absolute Gasteiger partial charge is 0.335 e. The highest BCUT2D eigenvalue weighted by molar-refractivity contribution is 5.95. The van der Waals surface area contributed by atoms with E-state index in [2.05, 4.69) is 15.5 Å². The molecule has 1 aromatic carbocycles. The number of benzene rings is 1. The fourth-order valence-corrected chi connectivity index (χ4v) is 2.47. The summed E-state index contributed by atoms with van der Waals surface area (Å²) in [5.74, 6) is -1.36. The van der Waals surface area contributed by atoms with Gasteiger partial charge < -0.3 is 5.11 Å². The van der Waals surface area contributed by atoms with Crippen molar-refractivity contribution in [3.8, 4) is 0 Å². The Morgan fingerprint density at radius 3 is 2.60 bits per heavy atom. The molecule has 7 nitrogen and oxygen atoms in total. The first-order valence-electron chi connectivity index (χ1n) is 7.58. The average molecular weight is 336 g/mol. The first-order valence-corrected chi connectivity index (χ1v) is 7.58. The summed E-state index contributed by atoms with van der Waals surface area (Å²) in [5, 5.41) is 12.8. The van der Waals surface area contributed by atoms with Gasteiger partial charge in [-0.05, 0) is 49.2 Å². The van der Waals surface area contributed by atoms with Crippen LogP contribution in [-0.4, -0.2) is 32.6 Å². The van der Waals surface area contributed by atoms with Crippen molar-refractivity contribution >= 4 is 23.7 Å². The van der Waals surface area contributed by atoms with Crippen LogP contribution in [0.3, 0.4) is 0 Å². The number of hydrogen-bond donors (Lipinski definition) is 2. The number of carbonyl (C=O) groups is 2. The lowest BCUT2D eigenvalue weighted by Gasteiger charge is -2.02. The highest BCUT2D eigenvalue weighted by Crippen LogP contribution is 2.13. The van der Waals surface area contributed by atoms with Gasteiger partial charge in [0.25, 0.3) is 5.91 Å². The molecule has 126 valence electrons. The Hall–Kier alpha value is -3.48. The molecule has 0 radical (unpaired) electrons. The van der Waals surface area contributed by atoms with Gasteiger partial charge in [0.05, 0.1) is 17.5 Å². The number of rotatable bonds is 4. The summed E-state index contributed by atoms with van der Waals surface area (Å²) in [6.07, 6.45) is 3.25. The molecule has 1 amide bonds. The van der Waals surface area contributed by atoms with Gasteiger partial charge in [0, 0.05) is 6.20 Å². The van der Waals surface area contributed by atoms with Crippen LogP contribution in [0.2, 0.25) is 0 Å². The SMILES string of the molecule is Cc1ccn2c(C(=O)N/N=C\c3ccc(C(=O)O)cc3)c(C)nc2c1. The fraction of sp³-hybridized carbons (Fsp3) is 0.111. The van der Waals surface area contributed by atoms with Crippen molar-refractivity contribution in [2.45, 2.75) is 13.8 Å². The number of carboxylic acid groups (broad SMARTS) is 1. The molecule has 0 aliphatic heterocycles. The lowest BCUT2D eigenvalue weighted by atomic mass is 10.1. The van der Waals surface area contributed by atoms with Crippen molar-refractivity contribution in [3.05, 3.63) is 70.7 Å². The number of hydrogen-bond acceptors (Lipinski definition) is 4. The third kappa shape index (κ3) is 3.40. The second kappa shape index (κ2) is 6.56. The van der Waals surface area contributed by atoms with Crippen LogP contribution in [0.5, 0.6) is 0 Å². The minimum atomic E-state index is -0.991. The zero-order chi connectivity index (χ0) is 18.0. The molecule has 0 spiro atoms. The summed E-state index contributed by atoms with van der Waals surface area (Å²) in [6.45, 7) is 3.73. The maximum Gasteiger partial charge on any atom is 0.335 e. The number of imidazole rings is 1. The number of hydrazone groups is 1. The summed E-state index contributed by atoms with van der Waals surface area (Å²) >= 11 is 0. The number of nitrogens with one attached hydrogen (secondary N) is 1. The molecular formula is C18H16N4O3. The van der Waals surface area contributed by atoms with Crippen molar-refractivity contribution in [2.75, 3.05) is 0 Å². The van der Waals surface area contributed by atoms with E-state index in [1.54, 1.807) is 29.7 Å². The molecule has 0 aliphatic carbocycles. The van der Waals surface area contributed by atoms with Crippen LogP contribution in [0.25, 0.3) is 5.65 Å². The van der Waals surface area contributed by atoms with Crippen LogP contribution in [0.1, 0.15) is 37.7 Å². The Bertz CT molecular complexity index is 987. The quantitative estimate of drug-likeness (QED) is 0.565. The van der Waals surface area contributed by atoms with Crippen LogP contribution in [0.4, 0.5) is 0 Å². The zero-order valence-corrected chi connectivity index (χ0v) is 13.7. The largest absolute Gasteiger partial charge is 0.478 e. The average Bonchev–Trinajstić information content (AvgIpc) is 2.90. The Morgan fingerprint density at radius 1 is 1.20 bits per heavy atom. The van der Waals surface area contributed by atoms with Crippen LogP contribution in [0, 0.1) is 13.8 Å². The second-order valence-corrected chi connectivity index (χ2v) is 5.60. The van der Waals surface area contributed by atoms with E-state index in [1.807, 2.05) is 19.1 Å². The fourth-order valence-electron chi connectivity index (χ4n) is 2.47. The molecule has 0 unspecified atom stereocenters. The number of nitrogens with zero attached hydrogens (tertiary/aromatic N) is 3. The molecule has 7 heteroatoms. The zero-order valence-electron chi connectivity index (χ0n) is 13.7. The van der Waals surface area contributed by atoms with Gasteiger partial charge in [-0.3, -0.25) is 9.20 Å². The van der Waals surface area contributed by atoms with E-state index in [-0.39, 0.29) is 11.5 Å². The number of carbonyl (C=O) groups excluding carboxylic acids is 1. The molecule has 0 fully saturated rings. The third-order valence-corrected chi connectivity index (χ3v) is 3.71. The number of carboxylic acids is 1. The Kier molecular flexibility index (Phi) is 4.30. The topological polar surface area (TPSA) is 96.1 Å². The minimum absolute atomic E-state index is 0.192. The molecular weight excluding hydrogens is 320 g/mol. The van der Waals surface area contributed by atoms with E-state index in [0.29, 0.717) is 22.6 Å². The summed E-state index contributed by atoms with van der Waals surface area (Å²) in [4.78, 5) is 27.6. The van der Waals surface area contributed by atoms with E-state index in [1.165, 1.54) is 18.3 Å². The number of aromatic nitrogens is 2. The minimum Gasteiger partial charge on any atom is -0.478 e. The van der Waals surface area contributed by atoms with Crippen molar-refractivity contribution < 1.29 is 14.7 Å². The summed E-state index contributed by atoms with van der Waals surface area (Å²) < 4.78 is 1.72. The van der Waals surface area contributed by atoms with Gasteiger partial charge in [0.1, 0.15) is 11.3 Å². The summed E-state index contributed by atoms with van der Waals surface area (Å²) in [6, 6.07) is 9.98. The molecule has 0 aliphatic rings. The molecule has 25 heavy (non-hydrogen) atoms. The van der Waals surface area contributed by atoms with Gasteiger partial charge in [0.15, 0.2) is 0 Å². The van der Waals surface area contributed by atoms with Crippen LogP contribution >= 0.6 is 0 Å². The van der Waals surface area contributed by atoms with Crippen LogP contribution < -0.4 is 5.43 Å². The van der Waals surface area contributed by atoms with E-state index < -0.39 is 5.97 Å². The lowest BCUT2D eigenvalue weighted by Crippen LogP contribution is -2.20. The first kappa shape index (κ1) is 16.4. The highest BCUT2D eigenvalue weighted by atomic mass is 16.4. The van der Waals surface area contributed by atoms with Crippen molar-refractivity contribution in [2.24, 2.45) is 5.10 Å². The van der Waals surface area contributed by atoms with E-state index in [9.17, 15) is 9.59 Å². The highest BCUT2D eigenvalue weighted by Gasteiger charge is 2.15. The third-order valence-electron chi connectivity index (χ3n) is 3.71. The molecule has 0 bridgehead atoms. The summed E-state index contributed by atoms with van der Waals surface area (Å²) in [7, 11) is 0. The van der Waals surface area contributed by atoms with Gasteiger partial charge in [-0.15, -0.1) is 0 Å². The van der Waals surface area contributed by atoms with Gasteiger partial charge in [0.2, 0.25) is 0 Å². The molecule has 0 saturated carbocycles. The predicted octanol–water partition coefficient (Wildman–Crippen LogP) is 2.41. The summed E-state index contributed by atoms with van der Waals surface area (Å²) in [5.41, 5.74) is 6.15. The molecule has 3 rings (SSSR count). The van der Waals surface area contributed by atoms with Gasteiger partial charge in [-0.2, -0.15) is 5.10 Å². The Balaban J connectivity index is 1.76. The van der Waals surface area contributed by atoms with Crippen molar-refractivity contribution in [1.82, 2.24) is 14.8 Å². The predicted molar refractivity (Wildman–Crippen MR) is 93.1 cm³/mol. The Labute approximate surface area is 143 Å². The molecule has 2 N–H and O–H groups in total. The Morgan fingerprint density at radius 2 is 1.92 bits per heavy atom. The van der Waals surface area contributed by atoms with E-state index in [0.717, 1.165) is 5.56 Å². The number of fused-ring (bicyclic) bond motifs is 1. The van der Waals surface area contributed by atoms with Gasteiger partial charge >= 0.3 is 5.97 Å². The number of aromatic carboxylic acids is 1. The van der Waals surface area contributed by atoms with Crippen LogP contribution in [-0.2, 0) is 0 Å². The van der Waals surface area contributed by atoms with E-state index in [4.69, 9.17) is 5.11 Å². The normalized spacial score (nSPS) is 11.1. The van der Waals surface area contributed by atoms with Crippen molar-refractivity contribution in [3.63, 3.8) is 0 Å². The molecule has 2 aromatic heterocycles. The molecule has 3 aromatic rings. The monoisotopic (exact) mass is 336 g/mol. The van der Waals surface area contributed by atoms with Crippen molar-refractivity contribution in [1.29, 1.82) is 0 Å². The second-order valence-electron chi connectivity index (χ2n) is 5.60. The maximum atomic E-state index is 12.4. The molecule has 0 saturated heterocycles. The standard InChI is InChI=1S/C18H16N4O3/c1-11-7-8-22-15(9-11)20-12(2)16(22)17(23)21-19-10-13-3-5-14(6-4-13)18(24)25/h3-10H,1-2H3,(H,21,23)(H,24,25)/b19-10-. The van der Waals surface area contributed by atoms with E-state index >= 15 is 0 Å². The van der Waals surface area contributed by atoms with Gasteiger partial charge in [-0.1, -0.05) is 12.1 Å². The van der Waals surface area contributed by atoms with Gasteiger partial charge in [-0.25, -0.2) is 15.2 Å². The number of aryl methyl sites for hydroxylation is 2. The maximum absolute atomic E-state index is 12.4. The van der Waals surface area contributed by atoms with Crippen LogP contribution in [0.15, 0.2) is 47.7 Å². The molecule has 2 heterocycles. The number of amides is 1. The first-order chi connectivity index (χ1) is 12.0. The molecule has 0 atom stereocenters.